The summed E-state index contributed by atoms with van der Waals surface area (Å²) in [6.45, 7) is 1.95. The summed E-state index contributed by atoms with van der Waals surface area (Å²) in [6.07, 6.45) is 2.82. The minimum Gasteiger partial charge on any atom is -0.494 e. The molecular formula is C19H19F2N3O3. The average molecular weight is 375 g/mol. The summed E-state index contributed by atoms with van der Waals surface area (Å²) < 4.78 is 34.8. The highest BCUT2D eigenvalue weighted by Crippen LogP contribution is 2.20. The van der Waals surface area contributed by atoms with Crippen molar-refractivity contribution in [3.8, 4) is 11.8 Å². The maximum atomic E-state index is 12.5. The molecule has 6 nitrogen and oxygen atoms in total. The molecule has 1 aliphatic rings. The molecule has 3 rings (SSSR count). The molecule has 0 spiro atoms. The third-order valence-electron chi connectivity index (χ3n) is 3.80. The molecular weight excluding hydrogens is 356 g/mol. The number of nitrogens with one attached hydrogen (secondary N) is 1. The van der Waals surface area contributed by atoms with Crippen LogP contribution in [0.4, 0.5) is 14.6 Å². The number of ether oxygens (including phenoxy) is 2. The molecule has 1 aromatic heterocycles. The first-order valence-corrected chi connectivity index (χ1v) is 8.25. The van der Waals surface area contributed by atoms with E-state index in [4.69, 9.17) is 10.00 Å². The number of rotatable bonds is 3. The van der Waals surface area contributed by atoms with Crippen molar-refractivity contribution in [3.05, 3.63) is 53.7 Å². The van der Waals surface area contributed by atoms with Gasteiger partial charge in [0.05, 0.1) is 18.8 Å². The van der Waals surface area contributed by atoms with Crippen LogP contribution in [-0.2, 0) is 9.53 Å². The van der Waals surface area contributed by atoms with Crippen molar-refractivity contribution in [1.82, 2.24) is 4.98 Å². The van der Waals surface area contributed by atoms with Crippen molar-refractivity contribution in [2.24, 2.45) is 0 Å². The minimum absolute atomic E-state index is 0.0694. The zero-order valence-electron chi connectivity index (χ0n) is 14.9. The Morgan fingerprint density at radius 2 is 2.11 bits per heavy atom. The molecule has 0 saturated carbocycles. The van der Waals surface area contributed by atoms with Gasteiger partial charge in [-0.05, 0) is 44.0 Å². The lowest BCUT2D eigenvalue weighted by atomic mass is 10.2. The smallest absolute Gasteiger partial charge is 0.254 e. The van der Waals surface area contributed by atoms with Crippen LogP contribution in [-0.4, -0.2) is 30.2 Å². The van der Waals surface area contributed by atoms with Gasteiger partial charge in [0.25, 0.3) is 5.91 Å². The number of halogens is 2. The first-order chi connectivity index (χ1) is 12.9. The summed E-state index contributed by atoms with van der Waals surface area (Å²) in [4.78, 5) is 15.7. The first-order valence-electron chi connectivity index (χ1n) is 8.25. The third-order valence-corrected chi connectivity index (χ3v) is 3.80. The van der Waals surface area contributed by atoms with Gasteiger partial charge < -0.3 is 14.8 Å². The van der Waals surface area contributed by atoms with Gasteiger partial charge in [0.1, 0.15) is 18.0 Å². The van der Waals surface area contributed by atoms with Crippen LogP contribution in [0.2, 0.25) is 0 Å². The van der Waals surface area contributed by atoms with E-state index in [2.05, 4.69) is 15.0 Å². The normalized spacial score (nSPS) is 18.0. The predicted molar refractivity (Wildman–Crippen MR) is 94.1 cm³/mol. The van der Waals surface area contributed by atoms with Gasteiger partial charge in [-0.25, -0.2) is 9.37 Å². The SMILES string of the molecule is CC1CCC(C(=O)Nc2ccc(C#N)cn2)O1.COc1cccc(F)c1F. The Morgan fingerprint density at radius 1 is 1.33 bits per heavy atom. The second-order valence-electron chi connectivity index (χ2n) is 5.80. The number of aromatic nitrogens is 1. The number of anilines is 1. The number of carbonyl (C=O) groups is 1. The van der Waals surface area contributed by atoms with E-state index < -0.39 is 11.6 Å². The summed E-state index contributed by atoms with van der Waals surface area (Å²) in [5.41, 5.74) is 0.466. The van der Waals surface area contributed by atoms with Gasteiger partial charge in [0.15, 0.2) is 11.6 Å². The van der Waals surface area contributed by atoms with Crippen LogP contribution < -0.4 is 10.1 Å². The highest BCUT2D eigenvalue weighted by Gasteiger charge is 2.28. The number of hydrogen-bond acceptors (Lipinski definition) is 5. The van der Waals surface area contributed by atoms with Gasteiger partial charge in [-0.2, -0.15) is 9.65 Å². The van der Waals surface area contributed by atoms with E-state index in [1.165, 1.54) is 25.4 Å². The lowest BCUT2D eigenvalue weighted by Crippen LogP contribution is -2.28. The molecule has 142 valence electrons. The molecule has 2 aromatic rings. The maximum Gasteiger partial charge on any atom is 0.254 e. The molecule has 2 heterocycles. The number of nitrogens with zero attached hydrogens (tertiary/aromatic N) is 2. The molecule has 0 radical (unpaired) electrons. The number of benzene rings is 1. The van der Waals surface area contributed by atoms with Gasteiger partial charge in [-0.3, -0.25) is 4.79 Å². The van der Waals surface area contributed by atoms with E-state index in [9.17, 15) is 13.6 Å². The topological polar surface area (TPSA) is 84.2 Å². The summed E-state index contributed by atoms with van der Waals surface area (Å²) in [5.74, 6) is -1.63. The molecule has 1 amide bonds. The van der Waals surface area contributed by atoms with Crippen LogP contribution >= 0.6 is 0 Å². The number of hydrogen-bond donors (Lipinski definition) is 1. The lowest BCUT2D eigenvalue weighted by Gasteiger charge is -2.10. The van der Waals surface area contributed by atoms with E-state index in [0.29, 0.717) is 11.4 Å². The highest BCUT2D eigenvalue weighted by molar-refractivity contribution is 5.93. The van der Waals surface area contributed by atoms with Crippen molar-refractivity contribution in [3.63, 3.8) is 0 Å². The van der Waals surface area contributed by atoms with Gasteiger partial charge >= 0.3 is 0 Å². The summed E-state index contributed by atoms with van der Waals surface area (Å²) in [7, 11) is 1.29. The molecule has 2 atom stereocenters. The zero-order chi connectivity index (χ0) is 19.8. The van der Waals surface area contributed by atoms with E-state index in [1.54, 1.807) is 12.1 Å². The maximum absolute atomic E-state index is 12.5. The van der Waals surface area contributed by atoms with Crippen LogP contribution in [0.25, 0.3) is 0 Å². The van der Waals surface area contributed by atoms with Crippen molar-refractivity contribution in [1.29, 1.82) is 5.26 Å². The van der Waals surface area contributed by atoms with E-state index in [0.717, 1.165) is 18.9 Å². The number of pyridine rings is 1. The molecule has 1 saturated heterocycles. The second kappa shape index (κ2) is 9.59. The molecule has 0 aliphatic carbocycles. The third kappa shape index (κ3) is 5.72. The molecule has 8 heteroatoms. The number of amides is 1. The second-order valence-corrected chi connectivity index (χ2v) is 5.80. The monoisotopic (exact) mass is 375 g/mol. The first kappa shape index (κ1) is 20.3. The van der Waals surface area contributed by atoms with Crippen LogP contribution in [0.5, 0.6) is 5.75 Å². The average Bonchev–Trinajstić information content (AvgIpc) is 3.12. The zero-order valence-corrected chi connectivity index (χ0v) is 14.9. The Morgan fingerprint density at radius 3 is 2.63 bits per heavy atom. The lowest BCUT2D eigenvalue weighted by molar-refractivity contribution is -0.126. The van der Waals surface area contributed by atoms with Gasteiger partial charge in [-0.1, -0.05) is 6.07 Å². The Kier molecular flexibility index (Phi) is 7.20. The standard InChI is InChI=1S/C12H13N3O2.C7H6F2O/c1-8-2-4-10(17-8)12(16)15-11-5-3-9(6-13)7-14-11;1-10-6-4-2-3-5(8)7(6)9/h3,5,7-8,10H,2,4H2,1H3,(H,14,15,16);2-4H,1H3. The summed E-state index contributed by atoms with van der Waals surface area (Å²) in [6, 6.07) is 8.97. The van der Waals surface area contributed by atoms with Crippen molar-refractivity contribution in [2.75, 3.05) is 12.4 Å². The Bertz CT molecular complexity index is 822. The molecule has 2 unspecified atom stereocenters. The summed E-state index contributed by atoms with van der Waals surface area (Å²) >= 11 is 0. The molecule has 1 fully saturated rings. The van der Waals surface area contributed by atoms with E-state index in [1.807, 2.05) is 13.0 Å². The van der Waals surface area contributed by atoms with Crippen molar-refractivity contribution in [2.45, 2.75) is 32.0 Å². The molecule has 1 aromatic carbocycles. The Balaban J connectivity index is 0.000000223. The van der Waals surface area contributed by atoms with Crippen LogP contribution in [0.3, 0.4) is 0 Å². The number of methoxy groups -OCH3 is 1. The van der Waals surface area contributed by atoms with Gasteiger partial charge in [-0.15, -0.1) is 0 Å². The fourth-order valence-electron chi connectivity index (χ4n) is 2.38. The van der Waals surface area contributed by atoms with Gasteiger partial charge in [0, 0.05) is 6.20 Å². The van der Waals surface area contributed by atoms with Crippen LogP contribution in [0, 0.1) is 23.0 Å². The number of carbonyl (C=O) groups excluding carboxylic acids is 1. The van der Waals surface area contributed by atoms with Crippen molar-refractivity contribution < 1.29 is 23.0 Å². The fraction of sp³-hybridized carbons (Fsp3) is 0.316. The molecule has 0 bridgehead atoms. The van der Waals surface area contributed by atoms with Crippen LogP contribution in [0.1, 0.15) is 25.3 Å². The fourth-order valence-corrected chi connectivity index (χ4v) is 2.38. The van der Waals surface area contributed by atoms with Crippen LogP contribution in [0.15, 0.2) is 36.5 Å². The Labute approximate surface area is 155 Å². The van der Waals surface area contributed by atoms with Crippen molar-refractivity contribution >= 4 is 11.7 Å². The predicted octanol–water partition coefficient (Wildman–Crippen LogP) is 3.43. The number of nitriles is 1. The molecule has 1 N–H and O–H groups in total. The summed E-state index contributed by atoms with van der Waals surface area (Å²) in [5, 5.41) is 11.3. The molecule has 27 heavy (non-hydrogen) atoms. The Hall–Kier alpha value is -3.05. The molecule has 1 aliphatic heterocycles. The van der Waals surface area contributed by atoms with E-state index in [-0.39, 0.29) is 23.9 Å². The quantitative estimate of drug-likeness (QED) is 0.888. The highest BCUT2D eigenvalue weighted by atomic mass is 19.2. The minimum atomic E-state index is -0.940. The van der Waals surface area contributed by atoms with Gasteiger partial charge in [0.2, 0.25) is 5.82 Å². The van der Waals surface area contributed by atoms with E-state index >= 15 is 0 Å². The largest absolute Gasteiger partial charge is 0.494 e.